The number of methoxy groups -OCH3 is 2. The topological polar surface area (TPSA) is 143 Å². The van der Waals surface area contributed by atoms with Gasteiger partial charge in [-0.05, 0) is 47.9 Å². The second kappa shape index (κ2) is 13.4. The summed E-state index contributed by atoms with van der Waals surface area (Å²) >= 11 is 0. The van der Waals surface area contributed by atoms with Crippen LogP contribution in [0.4, 0.5) is 4.79 Å². The van der Waals surface area contributed by atoms with Crippen molar-refractivity contribution < 1.29 is 23.7 Å². The van der Waals surface area contributed by atoms with Crippen LogP contribution in [-0.4, -0.2) is 75.3 Å². The van der Waals surface area contributed by atoms with Crippen molar-refractivity contribution in [3.8, 4) is 11.5 Å². The van der Waals surface area contributed by atoms with Crippen LogP contribution in [0.25, 0.3) is 0 Å². The minimum Gasteiger partial charge on any atom is -0.497 e. The van der Waals surface area contributed by atoms with Crippen LogP contribution in [0.2, 0.25) is 0 Å². The standard InChI is InChI=1S/C34H34N6O7/c1-23-17-39(32(42)37-31(23)41)30-19-38(33(43)40-22-35-21-36-40)18-29(47-30)20-46-34(24-7-5-4-6-8-24,25-9-13-27(44-2)14-10-25)26-11-15-28(45-3)16-12-26/h4-17,21-22,29-30H,18-20H2,1-3H3,(H,37,41,42)/t29-,30+/m0/s1. The van der Waals surface area contributed by atoms with Gasteiger partial charge in [-0.1, -0.05) is 54.6 Å². The highest BCUT2D eigenvalue weighted by Gasteiger charge is 2.41. The Labute approximate surface area is 269 Å². The highest BCUT2D eigenvalue weighted by Crippen LogP contribution is 2.42. The van der Waals surface area contributed by atoms with Crippen LogP contribution in [0.5, 0.6) is 11.5 Å². The molecule has 3 aromatic carbocycles. The lowest BCUT2D eigenvalue weighted by molar-refractivity contribution is -0.149. The lowest BCUT2D eigenvalue weighted by Crippen LogP contribution is -2.53. The Bertz CT molecular complexity index is 1880. The summed E-state index contributed by atoms with van der Waals surface area (Å²) in [7, 11) is 3.22. The molecular formula is C34H34N6O7. The first kappa shape index (κ1) is 31.5. The van der Waals surface area contributed by atoms with Gasteiger partial charge in [0.15, 0.2) is 6.23 Å². The predicted octanol–water partition coefficient (Wildman–Crippen LogP) is 3.33. The third-order valence-electron chi connectivity index (χ3n) is 8.15. The molecule has 1 amide bonds. The van der Waals surface area contributed by atoms with Gasteiger partial charge in [0.25, 0.3) is 5.56 Å². The maximum atomic E-state index is 13.5. The molecule has 6 rings (SSSR count). The third kappa shape index (κ3) is 6.30. The number of H-pyrrole nitrogens is 1. The van der Waals surface area contributed by atoms with E-state index in [9.17, 15) is 14.4 Å². The van der Waals surface area contributed by atoms with E-state index in [2.05, 4.69) is 15.1 Å². The Kier molecular flexibility index (Phi) is 9.00. The summed E-state index contributed by atoms with van der Waals surface area (Å²) in [5.41, 5.74) is 0.533. The second-order valence-corrected chi connectivity index (χ2v) is 11.0. The van der Waals surface area contributed by atoms with Gasteiger partial charge in [0.1, 0.15) is 35.9 Å². The van der Waals surface area contributed by atoms with E-state index >= 15 is 0 Å². The van der Waals surface area contributed by atoms with E-state index in [4.69, 9.17) is 18.9 Å². The number of nitrogens with zero attached hydrogens (tertiary/aromatic N) is 5. The molecule has 1 saturated heterocycles. The number of aryl methyl sites for hydroxylation is 1. The van der Waals surface area contributed by atoms with Crippen LogP contribution in [0.3, 0.4) is 0 Å². The molecule has 1 N–H and O–H groups in total. The van der Waals surface area contributed by atoms with Crippen molar-refractivity contribution in [2.24, 2.45) is 0 Å². The van der Waals surface area contributed by atoms with E-state index in [-0.39, 0.29) is 19.7 Å². The van der Waals surface area contributed by atoms with E-state index in [0.29, 0.717) is 17.1 Å². The van der Waals surface area contributed by atoms with Crippen molar-refractivity contribution in [3.05, 3.63) is 141 Å². The molecule has 1 fully saturated rings. The first-order valence-corrected chi connectivity index (χ1v) is 14.9. The monoisotopic (exact) mass is 638 g/mol. The van der Waals surface area contributed by atoms with Crippen molar-refractivity contribution in [1.82, 2.24) is 29.2 Å². The van der Waals surface area contributed by atoms with Crippen molar-refractivity contribution in [2.75, 3.05) is 33.9 Å². The number of nitrogens with one attached hydrogen (secondary N) is 1. The fourth-order valence-electron chi connectivity index (χ4n) is 5.76. The largest absolute Gasteiger partial charge is 0.497 e. The molecule has 13 heteroatoms. The third-order valence-corrected chi connectivity index (χ3v) is 8.15. The maximum absolute atomic E-state index is 13.5. The zero-order valence-corrected chi connectivity index (χ0v) is 26.1. The van der Waals surface area contributed by atoms with E-state index < -0.39 is 35.2 Å². The van der Waals surface area contributed by atoms with Crippen molar-refractivity contribution in [3.63, 3.8) is 0 Å². The maximum Gasteiger partial charge on any atom is 0.346 e. The molecule has 0 spiro atoms. The molecule has 0 radical (unpaired) electrons. The first-order valence-electron chi connectivity index (χ1n) is 14.9. The Balaban J connectivity index is 1.42. The van der Waals surface area contributed by atoms with Crippen LogP contribution >= 0.6 is 0 Å². The molecule has 2 atom stereocenters. The fourth-order valence-corrected chi connectivity index (χ4v) is 5.76. The lowest BCUT2D eigenvalue weighted by Gasteiger charge is -2.41. The molecule has 0 saturated carbocycles. The number of aromatic nitrogens is 5. The van der Waals surface area contributed by atoms with Crippen molar-refractivity contribution >= 4 is 6.03 Å². The lowest BCUT2D eigenvalue weighted by atomic mass is 9.80. The first-order chi connectivity index (χ1) is 22.8. The number of benzene rings is 3. The minimum atomic E-state index is -1.14. The van der Waals surface area contributed by atoms with Crippen LogP contribution in [0.1, 0.15) is 28.5 Å². The van der Waals surface area contributed by atoms with E-state index in [1.165, 1.54) is 28.3 Å². The number of hydrogen-bond donors (Lipinski definition) is 1. The van der Waals surface area contributed by atoms with Gasteiger partial charge in [-0.2, -0.15) is 9.78 Å². The van der Waals surface area contributed by atoms with Gasteiger partial charge < -0.3 is 23.8 Å². The molecule has 242 valence electrons. The average molecular weight is 639 g/mol. The van der Waals surface area contributed by atoms with Crippen LogP contribution in [-0.2, 0) is 15.1 Å². The zero-order valence-electron chi connectivity index (χ0n) is 26.1. The average Bonchev–Trinajstić information content (AvgIpc) is 3.66. The van der Waals surface area contributed by atoms with Gasteiger partial charge in [-0.25, -0.2) is 14.6 Å². The number of hydrogen-bond acceptors (Lipinski definition) is 9. The number of carbonyl (C=O) groups is 1. The molecule has 1 aliphatic rings. The van der Waals surface area contributed by atoms with Gasteiger partial charge in [0.05, 0.1) is 33.9 Å². The van der Waals surface area contributed by atoms with E-state index in [0.717, 1.165) is 21.4 Å². The predicted molar refractivity (Wildman–Crippen MR) is 171 cm³/mol. The summed E-state index contributed by atoms with van der Waals surface area (Å²) in [6, 6.07) is 24.6. The zero-order chi connectivity index (χ0) is 33.0. The second-order valence-electron chi connectivity index (χ2n) is 11.0. The fraction of sp³-hybridized carbons (Fsp3) is 0.265. The number of aromatic amines is 1. The highest BCUT2D eigenvalue weighted by molar-refractivity contribution is 5.75. The minimum absolute atomic E-state index is 0.00166. The number of rotatable bonds is 9. The molecule has 13 nitrogen and oxygen atoms in total. The summed E-state index contributed by atoms with van der Waals surface area (Å²) < 4.78 is 26.8. The Morgan fingerprint density at radius 2 is 1.53 bits per heavy atom. The molecule has 0 unspecified atom stereocenters. The van der Waals surface area contributed by atoms with Crippen LogP contribution in [0, 0.1) is 6.92 Å². The number of carbonyl (C=O) groups excluding carboxylic acids is 1. The Morgan fingerprint density at radius 3 is 2.11 bits per heavy atom. The highest BCUT2D eigenvalue weighted by atomic mass is 16.6. The quantitative estimate of drug-likeness (QED) is 0.241. The number of ether oxygens (including phenoxy) is 4. The summed E-state index contributed by atoms with van der Waals surface area (Å²) in [6.45, 7) is 1.74. The van der Waals surface area contributed by atoms with Crippen molar-refractivity contribution in [1.29, 1.82) is 0 Å². The Morgan fingerprint density at radius 1 is 0.915 bits per heavy atom. The molecule has 47 heavy (non-hydrogen) atoms. The molecule has 2 aromatic heterocycles. The van der Waals surface area contributed by atoms with E-state index in [1.807, 2.05) is 78.9 Å². The molecule has 3 heterocycles. The summed E-state index contributed by atoms with van der Waals surface area (Å²) in [6.07, 6.45) is 2.36. The SMILES string of the molecule is COc1ccc(C(OC[C@@H]2CN(C(=O)n3cncn3)C[C@H](n3cc(C)c(=O)[nH]c3=O)O2)(c2ccccc2)c2ccc(OC)cc2)cc1. The number of amides is 1. The molecule has 1 aliphatic heterocycles. The number of morpholine rings is 1. The normalized spacial score (nSPS) is 16.5. The van der Waals surface area contributed by atoms with Gasteiger partial charge >= 0.3 is 11.7 Å². The molecule has 5 aromatic rings. The summed E-state index contributed by atoms with van der Waals surface area (Å²) in [5, 5.41) is 4.00. The van der Waals surface area contributed by atoms with Gasteiger partial charge in [0.2, 0.25) is 0 Å². The molecule has 0 aliphatic carbocycles. The Hall–Kier alpha value is -5.53. The van der Waals surface area contributed by atoms with Gasteiger partial charge in [0, 0.05) is 11.8 Å². The van der Waals surface area contributed by atoms with Gasteiger partial charge in [-0.3, -0.25) is 14.3 Å². The van der Waals surface area contributed by atoms with Gasteiger partial charge in [-0.15, -0.1) is 0 Å². The van der Waals surface area contributed by atoms with E-state index in [1.54, 1.807) is 21.1 Å². The smallest absolute Gasteiger partial charge is 0.346 e. The molecule has 0 bridgehead atoms. The molecular weight excluding hydrogens is 604 g/mol. The van der Waals surface area contributed by atoms with Crippen molar-refractivity contribution in [2.45, 2.75) is 24.9 Å². The summed E-state index contributed by atoms with van der Waals surface area (Å²) in [4.78, 5) is 46.3. The van der Waals surface area contributed by atoms with Crippen LogP contribution < -0.4 is 20.7 Å². The summed E-state index contributed by atoms with van der Waals surface area (Å²) in [5.74, 6) is 1.38. The van der Waals surface area contributed by atoms with Crippen LogP contribution in [0.15, 0.2) is 107 Å².